The van der Waals surface area contributed by atoms with E-state index in [0.29, 0.717) is 24.3 Å². The van der Waals surface area contributed by atoms with Crippen LogP contribution >= 0.6 is 0 Å². The van der Waals surface area contributed by atoms with E-state index in [1.54, 1.807) is 19.2 Å². The quantitative estimate of drug-likeness (QED) is 0.372. The van der Waals surface area contributed by atoms with Gasteiger partial charge in [0.25, 0.3) is 0 Å². The Bertz CT molecular complexity index is 1240. The Morgan fingerprint density at radius 3 is 2.37 bits per heavy atom. The first-order chi connectivity index (χ1) is 16.8. The van der Waals surface area contributed by atoms with Gasteiger partial charge in [0.2, 0.25) is 11.8 Å². The Hall–Kier alpha value is -3.52. The van der Waals surface area contributed by atoms with E-state index in [4.69, 9.17) is 9.47 Å². The van der Waals surface area contributed by atoms with E-state index in [1.807, 2.05) is 35.2 Å². The molecular formula is C27H28N2O6. The monoisotopic (exact) mass is 476 g/mol. The lowest BCUT2D eigenvalue weighted by Gasteiger charge is -2.35. The van der Waals surface area contributed by atoms with Crippen molar-refractivity contribution in [3.05, 3.63) is 53.6 Å². The average molecular weight is 477 g/mol. The Labute approximate surface area is 203 Å². The fraction of sp³-hybridized carbons (Fsp3) is 0.407. The number of fused-ring (bicyclic) bond motifs is 3. The molecule has 0 saturated carbocycles. The molecule has 0 spiro atoms. The van der Waals surface area contributed by atoms with Crippen LogP contribution in [0.2, 0.25) is 0 Å². The summed E-state index contributed by atoms with van der Waals surface area (Å²) in [5.41, 5.74) is 2.02. The minimum atomic E-state index is -1.14. The van der Waals surface area contributed by atoms with E-state index < -0.39 is 29.4 Å². The summed E-state index contributed by atoms with van der Waals surface area (Å²) < 4.78 is 10.9. The van der Waals surface area contributed by atoms with Crippen molar-refractivity contribution in [1.82, 2.24) is 9.80 Å². The average Bonchev–Trinajstić information content (AvgIpc) is 3.49. The van der Waals surface area contributed by atoms with Gasteiger partial charge < -0.3 is 9.47 Å². The molecule has 35 heavy (non-hydrogen) atoms. The molecule has 182 valence electrons. The number of rotatable bonds is 5. The molecule has 8 nitrogen and oxygen atoms in total. The number of carbonyl (C=O) groups excluding carboxylic acids is 4. The van der Waals surface area contributed by atoms with Crippen molar-refractivity contribution >= 4 is 23.6 Å². The summed E-state index contributed by atoms with van der Waals surface area (Å²) in [5, 5.41) is 0. The number of benzene rings is 2. The van der Waals surface area contributed by atoms with Crippen molar-refractivity contribution in [1.29, 1.82) is 0 Å². The predicted octanol–water partition coefficient (Wildman–Crippen LogP) is 2.86. The van der Waals surface area contributed by atoms with Gasteiger partial charge in [-0.05, 0) is 43.5 Å². The number of Topliss-reactive ketones (excluding diaryl/α,β-unsaturated/α-hetero) is 1. The number of ether oxygens (including phenoxy) is 2. The Balaban J connectivity index is 1.61. The summed E-state index contributed by atoms with van der Waals surface area (Å²) in [7, 11) is 4.39. The van der Waals surface area contributed by atoms with Gasteiger partial charge in [0.1, 0.15) is 11.3 Å². The van der Waals surface area contributed by atoms with E-state index in [9.17, 15) is 19.2 Å². The lowest BCUT2D eigenvalue weighted by molar-refractivity contribution is -0.158. The van der Waals surface area contributed by atoms with E-state index in [0.717, 1.165) is 28.0 Å². The molecule has 2 aromatic rings. The van der Waals surface area contributed by atoms with Gasteiger partial charge in [-0.3, -0.25) is 29.0 Å². The molecule has 3 saturated heterocycles. The fourth-order valence-corrected chi connectivity index (χ4v) is 6.36. The zero-order valence-corrected chi connectivity index (χ0v) is 20.2. The summed E-state index contributed by atoms with van der Waals surface area (Å²) in [6, 6.07) is 12.6. The van der Waals surface area contributed by atoms with Crippen LogP contribution in [0, 0.1) is 11.8 Å². The lowest BCUT2D eigenvalue weighted by Crippen LogP contribution is -2.54. The maximum atomic E-state index is 13.3. The molecule has 2 amide bonds. The van der Waals surface area contributed by atoms with Gasteiger partial charge in [-0.1, -0.05) is 36.4 Å². The van der Waals surface area contributed by atoms with Gasteiger partial charge >= 0.3 is 5.97 Å². The Morgan fingerprint density at radius 1 is 1.03 bits per heavy atom. The highest BCUT2D eigenvalue weighted by Crippen LogP contribution is 2.59. The molecule has 2 aromatic carbocycles. The van der Waals surface area contributed by atoms with Crippen LogP contribution in [0.4, 0.5) is 0 Å². The highest BCUT2D eigenvalue weighted by atomic mass is 16.5. The van der Waals surface area contributed by atoms with Gasteiger partial charge in [-0.2, -0.15) is 0 Å². The van der Waals surface area contributed by atoms with Crippen LogP contribution in [0.5, 0.6) is 5.75 Å². The third-order valence-corrected chi connectivity index (χ3v) is 7.94. The van der Waals surface area contributed by atoms with Crippen LogP contribution < -0.4 is 4.74 Å². The second-order valence-electron chi connectivity index (χ2n) is 9.49. The smallest absolute Gasteiger partial charge is 0.327 e. The summed E-state index contributed by atoms with van der Waals surface area (Å²) in [5.74, 6) is -1.90. The van der Waals surface area contributed by atoms with Gasteiger partial charge in [-0.25, -0.2) is 0 Å². The first kappa shape index (κ1) is 23.2. The normalized spacial score (nSPS) is 27.7. The van der Waals surface area contributed by atoms with Crippen molar-refractivity contribution in [2.75, 3.05) is 27.8 Å². The second-order valence-corrected chi connectivity index (χ2v) is 9.49. The number of amides is 2. The molecule has 0 aromatic heterocycles. The molecule has 0 aliphatic carbocycles. The number of hydrogen-bond acceptors (Lipinski definition) is 7. The molecule has 3 aliphatic heterocycles. The van der Waals surface area contributed by atoms with Gasteiger partial charge in [0.15, 0.2) is 5.78 Å². The van der Waals surface area contributed by atoms with E-state index in [2.05, 4.69) is 0 Å². The molecule has 8 heteroatoms. The number of ketones is 1. The van der Waals surface area contributed by atoms with E-state index in [-0.39, 0.29) is 17.6 Å². The molecule has 3 fully saturated rings. The van der Waals surface area contributed by atoms with Crippen LogP contribution in [0.1, 0.15) is 41.7 Å². The Morgan fingerprint density at radius 2 is 1.74 bits per heavy atom. The predicted molar refractivity (Wildman–Crippen MR) is 127 cm³/mol. The fourth-order valence-electron chi connectivity index (χ4n) is 6.36. The summed E-state index contributed by atoms with van der Waals surface area (Å²) in [6.45, 7) is 2.12. The van der Waals surface area contributed by atoms with Gasteiger partial charge in [0.05, 0.1) is 26.1 Å². The van der Waals surface area contributed by atoms with Crippen molar-refractivity contribution in [2.45, 2.75) is 31.3 Å². The lowest BCUT2D eigenvalue weighted by atomic mass is 9.77. The van der Waals surface area contributed by atoms with Crippen LogP contribution in [0.3, 0.4) is 0 Å². The summed E-state index contributed by atoms with van der Waals surface area (Å²) >= 11 is 0. The van der Waals surface area contributed by atoms with Crippen LogP contribution in [-0.2, 0) is 19.1 Å². The van der Waals surface area contributed by atoms with E-state index in [1.165, 1.54) is 21.1 Å². The summed E-state index contributed by atoms with van der Waals surface area (Å²) in [6.07, 6.45) is 1.21. The third-order valence-electron chi connectivity index (χ3n) is 7.94. The third kappa shape index (κ3) is 3.16. The number of imide groups is 1. The minimum absolute atomic E-state index is 0.00454. The first-order valence-electron chi connectivity index (χ1n) is 11.7. The van der Waals surface area contributed by atoms with E-state index >= 15 is 0 Å². The molecule has 0 bridgehead atoms. The molecule has 0 radical (unpaired) electrons. The molecule has 5 rings (SSSR count). The number of esters is 1. The number of methoxy groups -OCH3 is 2. The standard InChI is InChI=1S/C27H28N2O6/c1-15(30)16-6-8-17(9-7-16)19-11-10-18(14-20(19)34-3)23-21-22(25(32)28(2)24(21)31)27(26(33)35-4)12-5-13-29(23)27/h6-11,14,21-23H,5,12-13H2,1-4H3/t21?,22?,23?,27-/m0/s1. The number of carbonyl (C=O) groups is 4. The molecule has 4 atom stereocenters. The summed E-state index contributed by atoms with van der Waals surface area (Å²) in [4.78, 5) is 54.4. The zero-order chi connectivity index (χ0) is 25.1. The van der Waals surface area contributed by atoms with Crippen molar-refractivity contribution in [3.8, 4) is 16.9 Å². The number of likely N-dealkylation sites (tertiary alicyclic amines) is 1. The van der Waals surface area contributed by atoms with Gasteiger partial charge in [0, 0.05) is 24.2 Å². The maximum Gasteiger partial charge on any atom is 0.327 e. The Kier molecular flexibility index (Phi) is 5.51. The molecule has 3 unspecified atom stereocenters. The van der Waals surface area contributed by atoms with Gasteiger partial charge in [-0.15, -0.1) is 0 Å². The highest BCUT2D eigenvalue weighted by Gasteiger charge is 2.73. The SMILES string of the molecule is COC(=O)[C@@]12CCCN1C(c1ccc(-c3ccc(C(C)=O)cc3)c(OC)c1)C1C(=O)N(C)C(=O)C12. The minimum Gasteiger partial charge on any atom is -0.496 e. The highest BCUT2D eigenvalue weighted by molar-refractivity contribution is 6.09. The molecule has 3 heterocycles. The first-order valence-corrected chi connectivity index (χ1v) is 11.7. The maximum absolute atomic E-state index is 13.3. The zero-order valence-electron chi connectivity index (χ0n) is 20.2. The van der Waals surface area contributed by atoms with Crippen molar-refractivity contribution in [2.24, 2.45) is 11.8 Å². The van der Waals surface area contributed by atoms with Crippen LogP contribution in [0.15, 0.2) is 42.5 Å². The molecular weight excluding hydrogens is 448 g/mol. The molecule has 3 aliphatic rings. The number of nitrogens with zero attached hydrogens (tertiary/aromatic N) is 2. The van der Waals surface area contributed by atoms with Crippen LogP contribution in [-0.4, -0.2) is 66.7 Å². The van der Waals surface area contributed by atoms with Crippen molar-refractivity contribution in [3.63, 3.8) is 0 Å². The van der Waals surface area contributed by atoms with Crippen molar-refractivity contribution < 1.29 is 28.7 Å². The van der Waals surface area contributed by atoms with Crippen LogP contribution in [0.25, 0.3) is 11.1 Å². The largest absolute Gasteiger partial charge is 0.496 e. The number of hydrogen-bond donors (Lipinski definition) is 0. The topological polar surface area (TPSA) is 93.2 Å². The second kappa shape index (κ2) is 8.30. The molecule has 0 N–H and O–H groups in total.